The van der Waals surface area contributed by atoms with Gasteiger partial charge in [-0.2, -0.15) is 23.5 Å². The van der Waals surface area contributed by atoms with E-state index in [0.717, 1.165) is 0 Å². The van der Waals surface area contributed by atoms with Crippen molar-refractivity contribution in [3.8, 4) is 0 Å². The van der Waals surface area contributed by atoms with E-state index in [9.17, 15) is 0 Å². The molecule has 0 amide bonds. The van der Waals surface area contributed by atoms with Gasteiger partial charge in [0.1, 0.15) is 0 Å². The van der Waals surface area contributed by atoms with Gasteiger partial charge in [0.25, 0.3) is 0 Å². The molecule has 0 aromatic carbocycles. The van der Waals surface area contributed by atoms with Crippen LogP contribution in [0.2, 0.25) is 0 Å². The quantitative estimate of drug-likeness (QED) is 0.242. The van der Waals surface area contributed by atoms with E-state index in [2.05, 4.69) is 0 Å². The van der Waals surface area contributed by atoms with Crippen LogP contribution in [0.15, 0.2) is 0 Å². The van der Waals surface area contributed by atoms with Crippen molar-refractivity contribution in [1.29, 1.82) is 0 Å². The van der Waals surface area contributed by atoms with E-state index in [-0.39, 0.29) is 88.9 Å². The Balaban J connectivity index is -0.0000000106. The van der Waals surface area contributed by atoms with Crippen molar-refractivity contribution in [2.24, 2.45) is 0 Å². The Morgan fingerprint density at radius 1 is 0.409 bits per heavy atom. The normalized spacial score (nSPS) is 8.05. The zero-order valence-electron chi connectivity index (χ0n) is 10.3. The second-order valence-corrected chi connectivity index (χ2v) is 4.02. The molecular weight excluding hydrogens is 458 g/mol. The van der Waals surface area contributed by atoms with Crippen molar-refractivity contribution >= 4 is 23.5 Å². The summed E-state index contributed by atoms with van der Waals surface area (Å²) in [6, 6.07) is 0. The molecule has 0 aliphatic carbocycles. The summed E-state index contributed by atoms with van der Waals surface area (Å²) in [7, 11) is -16.2. The number of rotatable bonds is 0. The summed E-state index contributed by atoms with van der Waals surface area (Å²) in [5.74, 6) is 0. The molecule has 0 saturated heterocycles. The summed E-state index contributed by atoms with van der Waals surface area (Å²) in [4.78, 5) is 76.9. The van der Waals surface area contributed by atoms with Crippen molar-refractivity contribution in [1.82, 2.24) is 0 Å². The van der Waals surface area contributed by atoms with Crippen LogP contribution in [0.3, 0.4) is 0 Å². The maximum Gasteiger partial charge on any atom is 5.00 e. The number of hydrogen-bond acceptors (Lipinski definition) is 12. The average molecular weight is 458 g/mol. The minimum absolute atomic E-state index is 0. The van der Waals surface area contributed by atoms with E-state index in [1.807, 2.05) is 0 Å². The van der Waals surface area contributed by atoms with Gasteiger partial charge in [-0.3, -0.25) is 0 Å². The van der Waals surface area contributed by atoms with Crippen LogP contribution in [0, 0.1) is 0 Å². The summed E-state index contributed by atoms with van der Waals surface area (Å²) in [5.41, 5.74) is 0. The number of halogens is 3. The van der Waals surface area contributed by atoms with Gasteiger partial charge < -0.3 is 71.8 Å². The smallest absolute Gasteiger partial charge is 1.00 e. The van der Waals surface area contributed by atoms with Gasteiger partial charge in [-0.15, -0.1) is 0 Å². The molecule has 0 atom stereocenters. The van der Waals surface area contributed by atoms with Crippen LogP contribution in [-0.4, -0.2) is 0 Å². The fourth-order valence-electron chi connectivity index (χ4n) is 0. The van der Waals surface area contributed by atoms with E-state index in [1.54, 1.807) is 0 Å². The molecule has 0 spiro atoms. The van der Waals surface area contributed by atoms with Crippen LogP contribution < -0.4 is 95.9 Å². The Labute approximate surface area is 169 Å². The van der Waals surface area contributed by atoms with Crippen LogP contribution in [0.5, 0.6) is 0 Å². The first-order valence-corrected chi connectivity index (χ1v) is 6.57. The summed E-state index contributed by atoms with van der Waals surface area (Å²) >= 11 is 0. The third-order valence-electron chi connectivity index (χ3n) is 0. The summed E-state index contributed by atoms with van der Waals surface area (Å²) in [6.07, 6.45) is 0. The van der Waals surface area contributed by atoms with E-state index in [0.29, 0.717) is 0 Å². The molecule has 0 radical (unpaired) electrons. The molecule has 120 valence electrons. The summed E-state index contributed by atoms with van der Waals surface area (Å²) in [6.45, 7) is 0. The fraction of sp³-hybridized carbons (Fsp3) is 0. The molecule has 0 aromatic heterocycles. The molecule has 22 heteroatoms. The van der Waals surface area contributed by atoms with Gasteiger partial charge in [0.2, 0.25) is 0 Å². The van der Waals surface area contributed by atoms with Gasteiger partial charge in [-0.25, -0.2) is 0 Å². The Morgan fingerprint density at radius 2 is 0.409 bits per heavy atom. The standard InChI is InChI=1S/3FH.2Li.3H3O4P.2V/c;;;;;3*1-5(2,3)4;;/h3*1H;;;3*(H3,1,2,3,4);;/q;;;2*+1;;;;2*+5/p-12. The first-order chi connectivity index (χ1) is 6.00. The second kappa shape index (κ2) is 28.3. The van der Waals surface area contributed by atoms with Gasteiger partial charge in [0.05, 0.1) is 0 Å². The van der Waals surface area contributed by atoms with Gasteiger partial charge in [-0.1, -0.05) is 0 Å². The molecule has 0 saturated carbocycles. The molecule has 0 aliphatic rings. The van der Waals surface area contributed by atoms with Crippen LogP contribution in [0.25, 0.3) is 0 Å². The molecule has 12 nitrogen and oxygen atoms in total. The van der Waals surface area contributed by atoms with Crippen LogP contribution in [0.1, 0.15) is 0 Å². The largest absolute Gasteiger partial charge is 5.00 e. The van der Waals surface area contributed by atoms with Gasteiger partial charge in [-0.05, 0) is 0 Å². The topological polar surface area (TPSA) is 259 Å². The third-order valence-corrected chi connectivity index (χ3v) is 0. The second-order valence-electron chi connectivity index (χ2n) is 1.34. The van der Waals surface area contributed by atoms with E-state index < -0.39 is 23.5 Å². The Kier molecular flexibility index (Phi) is 82.8. The van der Waals surface area contributed by atoms with Crippen LogP contribution in [0.4, 0.5) is 0 Å². The Bertz CT molecular complexity index is 228. The number of hydrogen-bond donors (Lipinski definition) is 0. The molecule has 0 aliphatic heterocycles. The van der Waals surface area contributed by atoms with Crippen molar-refractivity contribution < 1.29 is 147 Å². The summed E-state index contributed by atoms with van der Waals surface area (Å²) < 4.78 is 25.6. The minimum atomic E-state index is -5.39. The summed E-state index contributed by atoms with van der Waals surface area (Å²) in [5, 5.41) is 0. The predicted octanol–water partition coefficient (Wildman–Crippen LogP) is -23.5. The van der Waals surface area contributed by atoms with Gasteiger partial charge in [0, 0.05) is 0 Å². The molecular formula is F3Li2O12P3V2. The van der Waals surface area contributed by atoms with Crippen molar-refractivity contribution in [2.75, 3.05) is 0 Å². The monoisotopic (exact) mass is 458 g/mol. The zero-order valence-corrected chi connectivity index (χ0v) is 15.7. The molecule has 0 aromatic rings. The molecule has 0 unspecified atom stereocenters. The van der Waals surface area contributed by atoms with Crippen molar-refractivity contribution in [2.45, 2.75) is 0 Å². The van der Waals surface area contributed by atoms with E-state index in [1.165, 1.54) is 0 Å². The fourth-order valence-corrected chi connectivity index (χ4v) is 0. The maximum absolute atomic E-state index is 8.55. The first kappa shape index (κ1) is 64.4. The molecule has 0 fully saturated rings. The van der Waals surface area contributed by atoms with Crippen LogP contribution in [-0.2, 0) is 50.8 Å². The Hall–Kier alpha value is 2.48. The molecule has 0 heterocycles. The van der Waals surface area contributed by atoms with Crippen LogP contribution >= 0.6 is 23.5 Å². The molecule has 22 heavy (non-hydrogen) atoms. The molecule has 0 rings (SSSR count). The maximum atomic E-state index is 8.55. The number of phosphoric acid groups is 3. The predicted molar refractivity (Wildman–Crippen MR) is 22.8 cm³/mol. The molecule has 0 bridgehead atoms. The van der Waals surface area contributed by atoms with E-state index in [4.69, 9.17) is 57.7 Å². The zero-order chi connectivity index (χ0) is 13.5. The molecule has 0 N–H and O–H groups in total. The van der Waals surface area contributed by atoms with Gasteiger partial charge >= 0.3 is 74.8 Å². The van der Waals surface area contributed by atoms with Crippen molar-refractivity contribution in [3.05, 3.63) is 0 Å². The SMILES string of the molecule is O=P([O-])([O-])[O-].O=P([O-])([O-])[O-].O=P([O-])([O-])[O-].[F-].[F-].[F-].[Li+].[Li+].[V+5].[V+5]. The average Bonchev–Trinajstić information content (AvgIpc) is 1.41. The Morgan fingerprint density at radius 3 is 0.409 bits per heavy atom. The van der Waals surface area contributed by atoms with Crippen molar-refractivity contribution in [3.63, 3.8) is 0 Å². The van der Waals surface area contributed by atoms with Gasteiger partial charge in [0.15, 0.2) is 0 Å². The van der Waals surface area contributed by atoms with E-state index >= 15 is 0 Å². The first-order valence-electron chi connectivity index (χ1n) is 2.19. The third kappa shape index (κ3) is 1680. The minimum Gasteiger partial charge on any atom is -1.00 e.